The van der Waals surface area contributed by atoms with Crippen LogP contribution < -0.4 is 4.74 Å². The van der Waals surface area contributed by atoms with Gasteiger partial charge in [0.1, 0.15) is 5.75 Å². The molecule has 1 saturated heterocycles. The minimum atomic E-state index is -0.531. The Balaban J connectivity index is 1.33. The molecule has 2 heterocycles. The molecule has 0 aromatic heterocycles. The summed E-state index contributed by atoms with van der Waals surface area (Å²) >= 11 is 11.9. The van der Waals surface area contributed by atoms with Crippen LogP contribution in [0.1, 0.15) is 12.8 Å². The number of amides is 4. The first-order valence-corrected chi connectivity index (χ1v) is 10.4. The van der Waals surface area contributed by atoms with Crippen LogP contribution in [0.4, 0.5) is 4.79 Å². The highest BCUT2D eigenvalue weighted by Crippen LogP contribution is 2.28. The van der Waals surface area contributed by atoms with Crippen molar-refractivity contribution in [1.82, 2.24) is 9.80 Å². The molecule has 3 aliphatic rings. The smallest absolute Gasteiger partial charge is 0.350 e. The largest absolute Gasteiger partial charge is 0.482 e. The summed E-state index contributed by atoms with van der Waals surface area (Å²) in [5.74, 6) is -0.561. The maximum atomic E-state index is 12.8. The third kappa shape index (κ3) is 4.13. The molecule has 2 aliphatic heterocycles. The first-order chi connectivity index (χ1) is 14.4. The van der Waals surface area contributed by atoms with Crippen LogP contribution in [0, 0.1) is 5.92 Å². The number of carbonyl (C=O) groups excluding carboxylic acids is 3. The van der Waals surface area contributed by atoms with E-state index in [2.05, 4.69) is 4.99 Å². The van der Waals surface area contributed by atoms with Gasteiger partial charge in [0.2, 0.25) is 5.91 Å². The van der Waals surface area contributed by atoms with Gasteiger partial charge in [0.05, 0.1) is 16.7 Å². The fraction of sp³-hybridized carbons (Fsp3) is 0.333. The van der Waals surface area contributed by atoms with E-state index in [9.17, 15) is 14.4 Å². The Morgan fingerprint density at radius 1 is 1.17 bits per heavy atom. The molecule has 0 saturated carbocycles. The first kappa shape index (κ1) is 20.6. The van der Waals surface area contributed by atoms with Crippen molar-refractivity contribution >= 4 is 46.8 Å². The summed E-state index contributed by atoms with van der Waals surface area (Å²) in [6, 6.07) is 3.99. The van der Waals surface area contributed by atoms with Crippen molar-refractivity contribution in [1.29, 1.82) is 0 Å². The molecular formula is C21H19Cl2N3O4. The number of allylic oxidation sites excluding steroid dienone is 3. The van der Waals surface area contributed by atoms with E-state index in [0.29, 0.717) is 47.4 Å². The van der Waals surface area contributed by atoms with Crippen LogP contribution in [0.15, 0.2) is 47.5 Å². The quantitative estimate of drug-likeness (QED) is 0.707. The lowest BCUT2D eigenvalue weighted by Crippen LogP contribution is -2.55. The van der Waals surface area contributed by atoms with Gasteiger partial charge in [0, 0.05) is 24.2 Å². The molecule has 0 N–H and O–H groups in total. The molecule has 0 radical (unpaired) electrons. The topological polar surface area (TPSA) is 79.3 Å². The second-order valence-corrected chi connectivity index (χ2v) is 8.07. The van der Waals surface area contributed by atoms with Crippen LogP contribution >= 0.6 is 23.2 Å². The number of carbonyl (C=O) groups is 3. The van der Waals surface area contributed by atoms with Gasteiger partial charge in [-0.1, -0.05) is 41.4 Å². The van der Waals surface area contributed by atoms with Gasteiger partial charge in [0.15, 0.2) is 6.61 Å². The van der Waals surface area contributed by atoms with E-state index >= 15 is 0 Å². The Bertz CT molecular complexity index is 980. The number of imide groups is 1. The van der Waals surface area contributed by atoms with Crippen molar-refractivity contribution in [2.45, 2.75) is 18.9 Å². The summed E-state index contributed by atoms with van der Waals surface area (Å²) in [6.07, 6.45) is 7.98. The summed E-state index contributed by atoms with van der Waals surface area (Å²) in [5.41, 5.74) is 0.481. The molecule has 156 valence electrons. The molecule has 1 aromatic rings. The predicted molar refractivity (Wildman–Crippen MR) is 113 cm³/mol. The zero-order chi connectivity index (χ0) is 21.3. The lowest BCUT2D eigenvalue weighted by atomic mass is 9.93. The molecule has 7 nitrogen and oxygen atoms in total. The van der Waals surface area contributed by atoms with E-state index in [1.165, 1.54) is 4.90 Å². The summed E-state index contributed by atoms with van der Waals surface area (Å²) in [7, 11) is 0. The molecule has 4 amide bonds. The van der Waals surface area contributed by atoms with E-state index in [1.54, 1.807) is 47.4 Å². The minimum absolute atomic E-state index is 0.152. The Kier molecular flexibility index (Phi) is 5.92. The SMILES string of the molecule is O=C(COc1ccc(Cl)cc1Cl)N1CCC(N2C(=O)N=C3C=CC=CC3C2=O)CC1. The molecule has 1 atom stereocenters. The number of benzene rings is 1. The van der Waals surface area contributed by atoms with Crippen LogP contribution in [-0.4, -0.2) is 59.1 Å². The number of piperidine rings is 1. The van der Waals surface area contributed by atoms with E-state index in [1.807, 2.05) is 0 Å². The van der Waals surface area contributed by atoms with Crippen molar-refractivity contribution in [3.05, 3.63) is 52.5 Å². The predicted octanol–water partition coefficient (Wildman–Crippen LogP) is 3.51. The van der Waals surface area contributed by atoms with Gasteiger partial charge in [-0.15, -0.1) is 0 Å². The second kappa shape index (κ2) is 8.62. The third-order valence-electron chi connectivity index (χ3n) is 5.36. The maximum Gasteiger partial charge on any atom is 0.350 e. The van der Waals surface area contributed by atoms with Gasteiger partial charge in [0.25, 0.3) is 5.91 Å². The standard InChI is InChI=1S/C21H19Cl2N3O4/c22-13-5-6-18(16(23)11-13)30-12-19(27)25-9-7-14(8-10-25)26-20(28)15-3-1-2-4-17(15)24-21(26)29/h1-6,11,14-15H,7-10,12H2. The van der Waals surface area contributed by atoms with Crippen LogP contribution in [0.25, 0.3) is 0 Å². The van der Waals surface area contributed by atoms with E-state index in [0.717, 1.165) is 0 Å². The molecule has 1 aromatic carbocycles. The number of hydrogen-bond acceptors (Lipinski definition) is 4. The number of ether oxygens (including phenoxy) is 1. The average molecular weight is 448 g/mol. The fourth-order valence-electron chi connectivity index (χ4n) is 3.79. The third-order valence-corrected chi connectivity index (χ3v) is 5.89. The van der Waals surface area contributed by atoms with E-state index < -0.39 is 11.9 Å². The first-order valence-electron chi connectivity index (χ1n) is 9.60. The molecule has 0 spiro atoms. The van der Waals surface area contributed by atoms with E-state index in [-0.39, 0.29) is 24.5 Å². The van der Waals surface area contributed by atoms with Gasteiger partial charge in [-0.2, -0.15) is 4.99 Å². The molecule has 1 aliphatic carbocycles. The number of fused-ring (bicyclic) bond motifs is 1. The number of likely N-dealkylation sites (tertiary alicyclic amines) is 1. The second-order valence-electron chi connectivity index (χ2n) is 7.22. The van der Waals surface area contributed by atoms with Gasteiger partial charge < -0.3 is 9.64 Å². The molecular weight excluding hydrogens is 429 g/mol. The number of aliphatic imine (C=N–C) groups is 1. The van der Waals surface area contributed by atoms with Crippen LogP contribution in [0.2, 0.25) is 10.0 Å². The summed E-state index contributed by atoms with van der Waals surface area (Å²) in [5, 5.41) is 0.821. The highest BCUT2D eigenvalue weighted by atomic mass is 35.5. The highest BCUT2D eigenvalue weighted by Gasteiger charge is 2.40. The lowest BCUT2D eigenvalue weighted by Gasteiger charge is -2.39. The van der Waals surface area contributed by atoms with Crippen molar-refractivity contribution in [2.24, 2.45) is 10.9 Å². The van der Waals surface area contributed by atoms with Gasteiger partial charge >= 0.3 is 6.03 Å². The van der Waals surface area contributed by atoms with Crippen LogP contribution in [0.5, 0.6) is 5.75 Å². The average Bonchev–Trinajstić information content (AvgIpc) is 2.73. The minimum Gasteiger partial charge on any atom is -0.482 e. The van der Waals surface area contributed by atoms with Gasteiger partial charge in [-0.3, -0.25) is 14.5 Å². The zero-order valence-electron chi connectivity index (χ0n) is 16.0. The normalized spacial score (nSPS) is 21.5. The van der Waals surface area contributed by atoms with Crippen LogP contribution in [-0.2, 0) is 9.59 Å². The highest BCUT2D eigenvalue weighted by molar-refractivity contribution is 6.35. The van der Waals surface area contributed by atoms with Crippen molar-refractivity contribution in [3.63, 3.8) is 0 Å². The van der Waals surface area contributed by atoms with Gasteiger partial charge in [-0.25, -0.2) is 4.79 Å². The monoisotopic (exact) mass is 447 g/mol. The number of rotatable bonds is 4. The molecule has 1 unspecified atom stereocenters. The lowest BCUT2D eigenvalue weighted by molar-refractivity contribution is -0.136. The summed E-state index contributed by atoms with van der Waals surface area (Å²) < 4.78 is 5.51. The van der Waals surface area contributed by atoms with Crippen LogP contribution in [0.3, 0.4) is 0 Å². The molecule has 9 heteroatoms. The Morgan fingerprint density at radius 3 is 2.67 bits per heavy atom. The summed E-state index contributed by atoms with van der Waals surface area (Å²) in [4.78, 5) is 44.7. The zero-order valence-corrected chi connectivity index (χ0v) is 17.5. The maximum absolute atomic E-state index is 12.8. The Hall–Kier alpha value is -2.64. The fourth-order valence-corrected chi connectivity index (χ4v) is 4.25. The molecule has 30 heavy (non-hydrogen) atoms. The van der Waals surface area contributed by atoms with Gasteiger partial charge in [-0.05, 0) is 37.1 Å². The molecule has 1 fully saturated rings. The molecule has 0 bridgehead atoms. The number of urea groups is 1. The Labute approximate surface area is 183 Å². The van der Waals surface area contributed by atoms with Crippen molar-refractivity contribution in [3.8, 4) is 5.75 Å². The number of hydrogen-bond donors (Lipinski definition) is 0. The molecule has 4 rings (SSSR count). The van der Waals surface area contributed by atoms with Crippen molar-refractivity contribution in [2.75, 3.05) is 19.7 Å². The Morgan fingerprint density at radius 2 is 1.93 bits per heavy atom. The summed E-state index contributed by atoms with van der Waals surface area (Å²) in [6.45, 7) is 0.699. The van der Waals surface area contributed by atoms with Crippen molar-refractivity contribution < 1.29 is 19.1 Å². The number of halogens is 2. The van der Waals surface area contributed by atoms with E-state index in [4.69, 9.17) is 27.9 Å². The number of nitrogens with zero attached hydrogens (tertiary/aromatic N) is 3.